The summed E-state index contributed by atoms with van der Waals surface area (Å²) in [5.41, 5.74) is 10.5. The van der Waals surface area contributed by atoms with Crippen LogP contribution in [0.1, 0.15) is 0 Å². The van der Waals surface area contributed by atoms with Crippen molar-refractivity contribution in [2.75, 3.05) is 0 Å². The Balaban J connectivity index is 1.30. The van der Waals surface area contributed by atoms with Gasteiger partial charge in [-0.25, -0.2) is 0 Å². The number of benzene rings is 9. The van der Waals surface area contributed by atoms with Crippen LogP contribution < -0.4 is 0 Å². The summed E-state index contributed by atoms with van der Waals surface area (Å²) in [6, 6.07) is 64.8. The van der Waals surface area contributed by atoms with Crippen LogP contribution >= 0.6 is 0 Å². The van der Waals surface area contributed by atoms with Gasteiger partial charge in [0.15, 0.2) is 0 Å². The van der Waals surface area contributed by atoms with Crippen molar-refractivity contribution in [2.24, 2.45) is 0 Å². The smallest absolute Gasteiger partial charge is 0.143 e. The van der Waals surface area contributed by atoms with Crippen molar-refractivity contribution in [1.82, 2.24) is 0 Å². The fourth-order valence-electron chi connectivity index (χ4n) is 8.48. The SMILES string of the molecule is c1ccc(-c2c3ccccc3c(-c3cc(-c4oc5ccccc5c4-c4cccc5ccccc45)cc4oc5ccccc5c34)c3ccccc23)cc1. The van der Waals surface area contributed by atoms with Gasteiger partial charge in [0.05, 0.1) is 0 Å². The molecule has 0 amide bonds. The minimum Gasteiger partial charge on any atom is -0.456 e. The lowest BCUT2D eigenvalue weighted by molar-refractivity contribution is 0.631. The summed E-state index contributed by atoms with van der Waals surface area (Å²) in [5.74, 6) is 0.829. The summed E-state index contributed by atoms with van der Waals surface area (Å²) < 4.78 is 13.7. The first-order valence-electron chi connectivity index (χ1n) is 17.8. The van der Waals surface area contributed by atoms with Crippen molar-refractivity contribution < 1.29 is 8.83 Å². The zero-order valence-corrected chi connectivity index (χ0v) is 28.1. The molecule has 9 aromatic carbocycles. The van der Waals surface area contributed by atoms with E-state index >= 15 is 0 Å². The molecule has 0 radical (unpaired) electrons. The molecule has 0 spiro atoms. The maximum absolute atomic E-state index is 6.91. The Morgan fingerprint density at radius 3 is 1.54 bits per heavy atom. The van der Waals surface area contributed by atoms with E-state index in [4.69, 9.17) is 8.83 Å². The van der Waals surface area contributed by atoms with Gasteiger partial charge < -0.3 is 8.83 Å². The maximum Gasteiger partial charge on any atom is 0.143 e. The Morgan fingerprint density at radius 2 is 0.827 bits per heavy atom. The van der Waals surface area contributed by atoms with Gasteiger partial charge in [0.25, 0.3) is 0 Å². The van der Waals surface area contributed by atoms with Gasteiger partial charge >= 0.3 is 0 Å². The molecular formula is C50H30O2. The van der Waals surface area contributed by atoms with Gasteiger partial charge in [0, 0.05) is 27.3 Å². The van der Waals surface area contributed by atoms with E-state index in [1.807, 2.05) is 12.1 Å². The number of fused-ring (bicyclic) bond motifs is 7. The standard InChI is InChI=1S/C50H30O2/c1-2-16-32(17-3-1)46-36-20-6-8-22-38(36)47(39-23-9-7-21-37(39)46)42-29-33(30-45-48(42)40-24-10-12-27-43(40)51-45)50-49(41-25-11-13-28-44(41)52-50)35-26-14-18-31-15-4-5-19-34(31)35/h1-30H. The van der Waals surface area contributed by atoms with Crippen molar-refractivity contribution >= 4 is 65.2 Å². The highest BCUT2D eigenvalue weighted by molar-refractivity contribution is 6.26. The van der Waals surface area contributed by atoms with Gasteiger partial charge in [-0.05, 0) is 84.4 Å². The van der Waals surface area contributed by atoms with Crippen LogP contribution in [-0.4, -0.2) is 0 Å². The molecule has 0 bridgehead atoms. The highest BCUT2D eigenvalue weighted by Gasteiger charge is 2.25. The summed E-state index contributed by atoms with van der Waals surface area (Å²) in [7, 11) is 0. The average molecular weight is 663 g/mol. The summed E-state index contributed by atoms with van der Waals surface area (Å²) in [5, 5.41) is 10.5. The first-order chi connectivity index (χ1) is 25.8. The third kappa shape index (κ3) is 4.25. The number of hydrogen-bond donors (Lipinski definition) is 0. The van der Waals surface area contributed by atoms with Crippen LogP contribution in [0.5, 0.6) is 0 Å². The van der Waals surface area contributed by atoms with Gasteiger partial charge in [-0.15, -0.1) is 0 Å². The zero-order chi connectivity index (χ0) is 34.2. The normalized spacial score (nSPS) is 11.8. The molecule has 2 nitrogen and oxygen atoms in total. The minimum atomic E-state index is 0.829. The van der Waals surface area contributed by atoms with E-state index in [-0.39, 0.29) is 0 Å². The molecule has 2 heterocycles. The van der Waals surface area contributed by atoms with E-state index in [0.29, 0.717) is 0 Å². The molecule has 2 aromatic heterocycles. The molecule has 0 unspecified atom stereocenters. The van der Waals surface area contributed by atoms with Crippen molar-refractivity contribution in [3.05, 3.63) is 182 Å². The van der Waals surface area contributed by atoms with Crippen LogP contribution in [0.4, 0.5) is 0 Å². The topological polar surface area (TPSA) is 26.3 Å². The second kappa shape index (κ2) is 11.3. The molecule has 242 valence electrons. The molecule has 0 saturated carbocycles. The molecule has 2 heteroatoms. The predicted molar refractivity (Wildman–Crippen MR) is 218 cm³/mol. The third-order valence-corrected chi connectivity index (χ3v) is 10.7. The Labute approximate surface area is 299 Å². The summed E-state index contributed by atoms with van der Waals surface area (Å²) in [4.78, 5) is 0. The first-order valence-corrected chi connectivity index (χ1v) is 17.8. The van der Waals surface area contributed by atoms with Crippen LogP contribution in [0.3, 0.4) is 0 Å². The summed E-state index contributed by atoms with van der Waals surface area (Å²) in [6.45, 7) is 0. The summed E-state index contributed by atoms with van der Waals surface area (Å²) >= 11 is 0. The molecule has 0 saturated heterocycles. The molecule has 0 aliphatic heterocycles. The molecule has 0 aliphatic carbocycles. The lowest BCUT2D eigenvalue weighted by Gasteiger charge is -2.19. The highest BCUT2D eigenvalue weighted by atomic mass is 16.3. The summed E-state index contributed by atoms with van der Waals surface area (Å²) in [6.07, 6.45) is 0. The fourth-order valence-corrected chi connectivity index (χ4v) is 8.48. The van der Waals surface area contributed by atoms with Crippen molar-refractivity contribution in [3.63, 3.8) is 0 Å². The van der Waals surface area contributed by atoms with Crippen LogP contribution in [0, 0.1) is 0 Å². The minimum absolute atomic E-state index is 0.829. The number of hydrogen-bond acceptors (Lipinski definition) is 2. The molecule has 52 heavy (non-hydrogen) atoms. The monoisotopic (exact) mass is 662 g/mol. The van der Waals surface area contributed by atoms with Gasteiger partial charge in [0.2, 0.25) is 0 Å². The molecule has 0 aliphatic rings. The van der Waals surface area contributed by atoms with E-state index in [9.17, 15) is 0 Å². The number of rotatable bonds is 4. The highest BCUT2D eigenvalue weighted by Crippen LogP contribution is 2.50. The molecule has 11 aromatic rings. The quantitative estimate of drug-likeness (QED) is 0.175. The van der Waals surface area contributed by atoms with Crippen molar-refractivity contribution in [3.8, 4) is 44.7 Å². The Hall–Kier alpha value is -6.90. The van der Waals surface area contributed by atoms with Gasteiger partial charge in [-0.2, -0.15) is 0 Å². The van der Waals surface area contributed by atoms with Gasteiger partial charge in [-0.3, -0.25) is 0 Å². The lowest BCUT2D eigenvalue weighted by atomic mass is 9.84. The molecule has 0 atom stereocenters. The Bertz CT molecular complexity index is 3120. The predicted octanol–water partition coefficient (Wildman–Crippen LogP) is 14.5. The molecule has 0 N–H and O–H groups in total. The first kappa shape index (κ1) is 28.9. The van der Waals surface area contributed by atoms with Crippen LogP contribution in [0.25, 0.3) is 110 Å². The van der Waals surface area contributed by atoms with Crippen molar-refractivity contribution in [1.29, 1.82) is 0 Å². The van der Waals surface area contributed by atoms with Crippen LogP contribution in [0.15, 0.2) is 191 Å². The van der Waals surface area contributed by atoms with E-state index in [0.717, 1.165) is 60.9 Å². The van der Waals surface area contributed by atoms with E-state index in [1.54, 1.807) is 0 Å². The van der Waals surface area contributed by atoms with Crippen molar-refractivity contribution in [2.45, 2.75) is 0 Å². The zero-order valence-electron chi connectivity index (χ0n) is 28.1. The van der Waals surface area contributed by atoms with Crippen LogP contribution in [-0.2, 0) is 0 Å². The molecule has 0 fully saturated rings. The van der Waals surface area contributed by atoms with E-state index < -0.39 is 0 Å². The average Bonchev–Trinajstić information content (AvgIpc) is 3.79. The fraction of sp³-hybridized carbons (Fsp3) is 0. The second-order valence-corrected chi connectivity index (χ2v) is 13.5. The third-order valence-electron chi connectivity index (χ3n) is 10.7. The Kier molecular flexibility index (Phi) is 6.28. The molecule has 11 rings (SSSR count). The van der Waals surface area contributed by atoms with Crippen LogP contribution in [0.2, 0.25) is 0 Å². The largest absolute Gasteiger partial charge is 0.456 e. The lowest BCUT2D eigenvalue weighted by Crippen LogP contribution is -1.92. The second-order valence-electron chi connectivity index (χ2n) is 13.5. The Morgan fingerprint density at radius 1 is 0.288 bits per heavy atom. The number of para-hydroxylation sites is 2. The molecular weight excluding hydrogens is 633 g/mol. The maximum atomic E-state index is 6.91. The van der Waals surface area contributed by atoms with Gasteiger partial charge in [-0.1, -0.05) is 158 Å². The number of furan rings is 2. The van der Waals surface area contributed by atoms with E-state index in [2.05, 4.69) is 170 Å². The van der Waals surface area contributed by atoms with E-state index in [1.165, 1.54) is 49.0 Å². The van der Waals surface area contributed by atoms with Gasteiger partial charge in [0.1, 0.15) is 22.5 Å².